The van der Waals surface area contributed by atoms with Gasteiger partial charge in [-0.05, 0) is 49.2 Å². The SMILES string of the molecule is COc1ccc(S(=O)(=O)N(CC(=O)O)c2ccc(N3CCC[C@H]3C(=O)O)c3ccccc23)cc1. The zero-order valence-electron chi connectivity index (χ0n) is 18.4. The molecule has 0 saturated carbocycles. The van der Waals surface area contributed by atoms with E-state index in [0.29, 0.717) is 35.2 Å². The highest BCUT2D eigenvalue weighted by atomic mass is 32.2. The van der Waals surface area contributed by atoms with Crippen molar-refractivity contribution in [2.75, 3.05) is 29.4 Å². The van der Waals surface area contributed by atoms with Gasteiger partial charge in [-0.15, -0.1) is 0 Å². The van der Waals surface area contributed by atoms with Gasteiger partial charge in [0.15, 0.2) is 0 Å². The fourth-order valence-corrected chi connectivity index (χ4v) is 5.78. The van der Waals surface area contributed by atoms with Crippen LogP contribution in [0.4, 0.5) is 11.4 Å². The van der Waals surface area contributed by atoms with Crippen LogP contribution in [0.15, 0.2) is 65.6 Å². The number of ether oxygens (including phenoxy) is 1. The standard InChI is InChI=1S/C24H24N2O7S/c1-33-16-8-10-17(11-9-16)34(31,32)26(15-23(27)28)21-13-12-20(18-5-2-3-6-19(18)21)25-14-4-7-22(25)24(29)30/h2-3,5-6,8-13,22H,4,7,14-15H2,1H3,(H,27,28)(H,29,30)/t22-/m0/s1. The number of hydrogen-bond donors (Lipinski definition) is 2. The van der Waals surface area contributed by atoms with Gasteiger partial charge >= 0.3 is 11.9 Å². The van der Waals surface area contributed by atoms with E-state index in [1.807, 2.05) is 0 Å². The average molecular weight is 485 g/mol. The molecule has 0 aliphatic carbocycles. The molecular weight excluding hydrogens is 460 g/mol. The molecular formula is C24H24N2O7S. The van der Waals surface area contributed by atoms with E-state index in [1.54, 1.807) is 41.3 Å². The zero-order valence-corrected chi connectivity index (χ0v) is 19.2. The van der Waals surface area contributed by atoms with Crippen LogP contribution in [0.25, 0.3) is 10.8 Å². The third-order valence-corrected chi connectivity index (χ3v) is 7.69. The lowest BCUT2D eigenvalue weighted by Crippen LogP contribution is -2.37. The van der Waals surface area contributed by atoms with Crippen molar-refractivity contribution in [1.82, 2.24) is 0 Å². The van der Waals surface area contributed by atoms with E-state index in [1.165, 1.54) is 31.4 Å². The molecule has 0 radical (unpaired) electrons. The van der Waals surface area contributed by atoms with Gasteiger partial charge in [0.1, 0.15) is 18.3 Å². The monoisotopic (exact) mass is 484 g/mol. The summed E-state index contributed by atoms with van der Waals surface area (Å²) in [5.74, 6) is -1.76. The molecule has 9 nitrogen and oxygen atoms in total. The highest BCUT2D eigenvalue weighted by Crippen LogP contribution is 2.39. The highest BCUT2D eigenvalue weighted by molar-refractivity contribution is 7.92. The van der Waals surface area contributed by atoms with Crippen molar-refractivity contribution >= 4 is 44.1 Å². The number of sulfonamides is 1. The van der Waals surface area contributed by atoms with Gasteiger partial charge in [0, 0.05) is 23.0 Å². The molecule has 1 aliphatic heterocycles. The molecule has 0 bridgehead atoms. The van der Waals surface area contributed by atoms with Gasteiger partial charge in [-0.25, -0.2) is 13.2 Å². The summed E-state index contributed by atoms with van der Waals surface area (Å²) in [5, 5.41) is 20.3. The molecule has 10 heteroatoms. The predicted octanol–water partition coefficient (Wildman–Crippen LogP) is 3.18. The Morgan fingerprint density at radius 2 is 1.71 bits per heavy atom. The molecule has 0 spiro atoms. The van der Waals surface area contributed by atoms with E-state index in [9.17, 15) is 28.2 Å². The third-order valence-electron chi connectivity index (χ3n) is 5.92. The minimum absolute atomic E-state index is 0.0757. The molecule has 1 heterocycles. The Morgan fingerprint density at radius 1 is 1.03 bits per heavy atom. The molecule has 1 saturated heterocycles. The van der Waals surface area contributed by atoms with Crippen LogP contribution in [0.3, 0.4) is 0 Å². The fraction of sp³-hybridized carbons (Fsp3) is 0.250. The molecule has 4 rings (SSSR count). The zero-order chi connectivity index (χ0) is 24.5. The average Bonchev–Trinajstić information content (AvgIpc) is 3.32. The van der Waals surface area contributed by atoms with Crippen LogP contribution in [-0.2, 0) is 19.6 Å². The Hall–Kier alpha value is -3.79. The second-order valence-corrected chi connectivity index (χ2v) is 9.78. The highest BCUT2D eigenvalue weighted by Gasteiger charge is 2.33. The second-order valence-electron chi connectivity index (χ2n) is 7.92. The van der Waals surface area contributed by atoms with E-state index in [4.69, 9.17) is 4.74 Å². The van der Waals surface area contributed by atoms with Gasteiger partial charge in [-0.2, -0.15) is 0 Å². The van der Waals surface area contributed by atoms with E-state index in [2.05, 4.69) is 0 Å². The molecule has 3 aromatic rings. The van der Waals surface area contributed by atoms with Gasteiger partial charge in [-0.3, -0.25) is 9.10 Å². The first-order valence-corrected chi connectivity index (χ1v) is 12.1. The lowest BCUT2D eigenvalue weighted by atomic mass is 10.0. The quantitative estimate of drug-likeness (QED) is 0.500. The lowest BCUT2D eigenvalue weighted by Gasteiger charge is -2.28. The molecule has 1 atom stereocenters. The number of anilines is 2. The number of aliphatic carboxylic acids is 2. The number of nitrogens with zero attached hydrogens (tertiary/aromatic N) is 2. The van der Waals surface area contributed by atoms with Crippen LogP contribution in [0, 0.1) is 0 Å². The van der Waals surface area contributed by atoms with Crippen LogP contribution in [-0.4, -0.2) is 56.8 Å². The maximum atomic E-state index is 13.5. The van der Waals surface area contributed by atoms with Gasteiger partial charge < -0.3 is 19.8 Å². The summed E-state index contributed by atoms with van der Waals surface area (Å²) in [6, 6.07) is 15.2. The van der Waals surface area contributed by atoms with Gasteiger partial charge in [0.2, 0.25) is 0 Å². The van der Waals surface area contributed by atoms with E-state index >= 15 is 0 Å². The number of hydrogen-bond acceptors (Lipinski definition) is 6. The Balaban J connectivity index is 1.87. The molecule has 1 aliphatic rings. The van der Waals surface area contributed by atoms with Crippen molar-refractivity contribution < 1.29 is 33.0 Å². The normalized spacial score (nSPS) is 15.9. The van der Waals surface area contributed by atoms with Crippen LogP contribution in [0.5, 0.6) is 5.75 Å². The fourth-order valence-electron chi connectivity index (χ4n) is 4.34. The minimum atomic E-state index is -4.23. The summed E-state index contributed by atoms with van der Waals surface area (Å²) >= 11 is 0. The predicted molar refractivity (Wildman–Crippen MR) is 127 cm³/mol. The number of carbonyl (C=O) groups is 2. The summed E-state index contributed by atoms with van der Waals surface area (Å²) in [7, 11) is -2.77. The van der Waals surface area contributed by atoms with Crippen LogP contribution in [0.1, 0.15) is 12.8 Å². The molecule has 0 aromatic heterocycles. The van der Waals surface area contributed by atoms with E-state index in [0.717, 1.165) is 10.7 Å². The van der Waals surface area contributed by atoms with Crippen molar-refractivity contribution in [3.05, 3.63) is 60.7 Å². The van der Waals surface area contributed by atoms with Crippen molar-refractivity contribution in [3.8, 4) is 5.75 Å². The Kier molecular flexibility index (Phi) is 6.34. The first kappa shape index (κ1) is 23.4. The number of carboxylic acids is 2. The van der Waals surface area contributed by atoms with E-state index < -0.39 is 34.5 Å². The van der Waals surface area contributed by atoms with Crippen molar-refractivity contribution in [3.63, 3.8) is 0 Å². The minimum Gasteiger partial charge on any atom is -0.497 e. The van der Waals surface area contributed by atoms with Crippen molar-refractivity contribution in [1.29, 1.82) is 0 Å². The smallest absolute Gasteiger partial charge is 0.326 e. The number of carboxylic acid groups (broad SMARTS) is 2. The molecule has 178 valence electrons. The number of rotatable bonds is 8. The topological polar surface area (TPSA) is 124 Å². The number of fused-ring (bicyclic) bond motifs is 1. The lowest BCUT2D eigenvalue weighted by molar-refractivity contribution is -0.138. The maximum absolute atomic E-state index is 13.5. The first-order valence-electron chi connectivity index (χ1n) is 10.6. The summed E-state index contributed by atoms with van der Waals surface area (Å²) in [5.41, 5.74) is 0.866. The first-order chi connectivity index (χ1) is 16.2. The van der Waals surface area contributed by atoms with Crippen LogP contribution >= 0.6 is 0 Å². The second kappa shape index (κ2) is 9.22. The number of benzene rings is 3. The Bertz CT molecular complexity index is 1340. The molecule has 0 unspecified atom stereocenters. The van der Waals surface area contributed by atoms with E-state index in [-0.39, 0.29) is 10.6 Å². The van der Waals surface area contributed by atoms with Gasteiger partial charge in [0.25, 0.3) is 10.0 Å². The van der Waals surface area contributed by atoms with Crippen molar-refractivity contribution in [2.45, 2.75) is 23.8 Å². The summed E-state index contributed by atoms with van der Waals surface area (Å²) < 4.78 is 33.0. The van der Waals surface area contributed by atoms with Crippen LogP contribution < -0.4 is 13.9 Å². The summed E-state index contributed by atoms with van der Waals surface area (Å²) in [4.78, 5) is 25.2. The number of methoxy groups -OCH3 is 1. The molecule has 34 heavy (non-hydrogen) atoms. The van der Waals surface area contributed by atoms with Gasteiger partial charge in [-0.1, -0.05) is 24.3 Å². The Labute approximate surface area is 196 Å². The summed E-state index contributed by atoms with van der Waals surface area (Å²) in [6.07, 6.45) is 1.24. The van der Waals surface area contributed by atoms with Crippen LogP contribution in [0.2, 0.25) is 0 Å². The third kappa shape index (κ3) is 4.24. The van der Waals surface area contributed by atoms with Gasteiger partial charge in [0.05, 0.1) is 17.7 Å². The molecule has 1 fully saturated rings. The largest absolute Gasteiger partial charge is 0.497 e. The van der Waals surface area contributed by atoms with Crippen molar-refractivity contribution in [2.24, 2.45) is 0 Å². The molecule has 0 amide bonds. The molecule has 3 aromatic carbocycles. The maximum Gasteiger partial charge on any atom is 0.326 e. The molecule has 2 N–H and O–H groups in total. The Morgan fingerprint density at radius 3 is 2.32 bits per heavy atom. The summed E-state index contributed by atoms with van der Waals surface area (Å²) in [6.45, 7) is -0.220.